The summed E-state index contributed by atoms with van der Waals surface area (Å²) in [6.45, 7) is 4.02. The highest BCUT2D eigenvalue weighted by Crippen LogP contribution is 2.47. The van der Waals surface area contributed by atoms with Crippen molar-refractivity contribution in [3.63, 3.8) is 0 Å². The number of phenols is 1. The summed E-state index contributed by atoms with van der Waals surface area (Å²) in [6, 6.07) is 36.2. The summed E-state index contributed by atoms with van der Waals surface area (Å²) in [6.07, 6.45) is 0. The highest BCUT2D eigenvalue weighted by Gasteiger charge is 2.39. The number of benzene rings is 4. The van der Waals surface area contributed by atoms with Crippen LogP contribution in [0.15, 0.2) is 103 Å². The molecule has 4 aromatic carbocycles. The van der Waals surface area contributed by atoms with Crippen LogP contribution in [0, 0.1) is 6.92 Å². The molecule has 1 nitrogen and oxygen atoms in total. The van der Waals surface area contributed by atoms with Gasteiger partial charge in [-0.3, -0.25) is 0 Å². The van der Waals surface area contributed by atoms with Gasteiger partial charge >= 0.3 is 0 Å². The van der Waals surface area contributed by atoms with Crippen LogP contribution < -0.4 is 0 Å². The molecule has 2 heteroatoms. The Kier molecular flexibility index (Phi) is 5.78. The maximum absolute atomic E-state index is 10.7. The number of aryl methyl sites for hydroxylation is 1. The van der Waals surface area contributed by atoms with Crippen LogP contribution in [0.25, 0.3) is 0 Å². The molecule has 0 aromatic heterocycles. The first-order valence-corrected chi connectivity index (χ1v) is 11.1. The van der Waals surface area contributed by atoms with Gasteiger partial charge < -0.3 is 5.11 Å². The quantitative estimate of drug-likeness (QED) is 0.243. The Morgan fingerprint density at radius 1 is 0.667 bits per heavy atom. The molecule has 0 saturated heterocycles. The average molecular weight is 457 g/mol. The van der Waals surface area contributed by atoms with E-state index in [1.165, 1.54) is 16.7 Å². The lowest BCUT2D eigenvalue weighted by Gasteiger charge is -2.37. The predicted octanol–water partition coefficient (Wildman–Crippen LogP) is 7.54. The third-order valence-corrected chi connectivity index (χ3v) is 6.31. The number of rotatable bonds is 5. The Labute approximate surface area is 187 Å². The first-order valence-electron chi connectivity index (χ1n) is 10.2. The van der Waals surface area contributed by atoms with Gasteiger partial charge in [-0.1, -0.05) is 113 Å². The fraction of sp³-hybridized carbons (Fsp3) is 0.143. The van der Waals surface area contributed by atoms with E-state index in [1.54, 1.807) is 0 Å². The SMILES string of the molecule is Cc1cc(C(c2ccccc2)(c2ccccc2)c2ccccc2)cc(C(C)Br)c1O. The van der Waals surface area contributed by atoms with Gasteiger partial charge in [-0.25, -0.2) is 0 Å². The van der Waals surface area contributed by atoms with Gasteiger partial charge in [-0.05, 0) is 47.7 Å². The molecule has 0 aliphatic heterocycles. The average Bonchev–Trinajstić information content (AvgIpc) is 2.78. The summed E-state index contributed by atoms with van der Waals surface area (Å²) < 4.78 is 0. The summed E-state index contributed by atoms with van der Waals surface area (Å²) >= 11 is 3.68. The first kappa shape index (κ1) is 20.4. The van der Waals surface area contributed by atoms with Gasteiger partial charge in [0.2, 0.25) is 0 Å². The molecular formula is C28H25BrO. The number of phenolic OH excluding ortho intramolecular Hbond substituents is 1. The van der Waals surface area contributed by atoms with Gasteiger partial charge in [0.05, 0.1) is 5.41 Å². The molecule has 1 atom stereocenters. The molecule has 0 spiro atoms. The van der Waals surface area contributed by atoms with Crippen molar-refractivity contribution in [3.8, 4) is 5.75 Å². The van der Waals surface area contributed by atoms with Gasteiger partial charge in [0.15, 0.2) is 0 Å². The van der Waals surface area contributed by atoms with E-state index in [-0.39, 0.29) is 4.83 Å². The highest BCUT2D eigenvalue weighted by molar-refractivity contribution is 9.09. The first-order chi connectivity index (χ1) is 14.5. The van der Waals surface area contributed by atoms with Crippen LogP contribution in [-0.2, 0) is 5.41 Å². The van der Waals surface area contributed by atoms with E-state index >= 15 is 0 Å². The zero-order valence-electron chi connectivity index (χ0n) is 17.2. The van der Waals surface area contributed by atoms with E-state index in [9.17, 15) is 5.11 Å². The molecule has 4 rings (SSSR count). The third kappa shape index (κ3) is 3.46. The molecular weight excluding hydrogens is 432 g/mol. The molecule has 4 aromatic rings. The fourth-order valence-corrected chi connectivity index (χ4v) is 4.74. The molecule has 0 bridgehead atoms. The highest BCUT2D eigenvalue weighted by atomic mass is 79.9. The maximum atomic E-state index is 10.7. The number of halogens is 1. The van der Waals surface area contributed by atoms with Gasteiger partial charge in [-0.15, -0.1) is 0 Å². The Bertz CT molecular complexity index is 1020. The Balaban J connectivity index is 2.17. The standard InChI is InChI=1S/C28H25BrO/c1-20-18-25(19-26(21(2)29)27(20)30)28(22-12-6-3-7-13-22,23-14-8-4-9-15-23)24-16-10-5-11-17-24/h3-19,21,30H,1-2H3. The lowest BCUT2D eigenvalue weighted by atomic mass is 9.64. The smallest absolute Gasteiger partial charge is 0.122 e. The second kappa shape index (κ2) is 8.49. The predicted molar refractivity (Wildman–Crippen MR) is 128 cm³/mol. The molecule has 0 aliphatic carbocycles. The van der Waals surface area contributed by atoms with E-state index in [1.807, 2.05) is 13.8 Å². The van der Waals surface area contributed by atoms with Crippen molar-refractivity contribution in [1.29, 1.82) is 0 Å². The molecule has 30 heavy (non-hydrogen) atoms. The van der Waals surface area contributed by atoms with E-state index in [4.69, 9.17) is 0 Å². The lowest BCUT2D eigenvalue weighted by molar-refractivity contribution is 0.463. The van der Waals surface area contributed by atoms with Crippen LogP contribution >= 0.6 is 15.9 Å². The number of hydrogen-bond acceptors (Lipinski definition) is 1. The minimum atomic E-state index is -0.501. The van der Waals surface area contributed by atoms with Gasteiger partial charge in [0.1, 0.15) is 5.75 Å². The van der Waals surface area contributed by atoms with Crippen molar-refractivity contribution in [2.75, 3.05) is 0 Å². The number of aromatic hydroxyl groups is 1. The summed E-state index contributed by atoms with van der Waals surface area (Å²) in [5, 5.41) is 10.7. The molecule has 1 unspecified atom stereocenters. The largest absolute Gasteiger partial charge is 0.507 e. The molecule has 0 saturated carbocycles. The van der Waals surface area contributed by atoms with Gasteiger partial charge in [-0.2, -0.15) is 0 Å². The van der Waals surface area contributed by atoms with Crippen molar-refractivity contribution in [1.82, 2.24) is 0 Å². The Morgan fingerprint density at radius 3 is 1.43 bits per heavy atom. The Morgan fingerprint density at radius 2 is 1.07 bits per heavy atom. The van der Waals surface area contributed by atoms with Crippen LogP contribution in [0.5, 0.6) is 5.75 Å². The van der Waals surface area contributed by atoms with Crippen molar-refractivity contribution in [2.45, 2.75) is 24.1 Å². The molecule has 0 amide bonds. The van der Waals surface area contributed by atoms with Crippen LogP contribution in [-0.4, -0.2) is 5.11 Å². The summed E-state index contributed by atoms with van der Waals surface area (Å²) in [5.41, 5.74) is 6.00. The van der Waals surface area contributed by atoms with Crippen LogP contribution in [0.4, 0.5) is 0 Å². The fourth-order valence-electron chi connectivity index (χ4n) is 4.39. The van der Waals surface area contributed by atoms with Crippen molar-refractivity contribution < 1.29 is 5.11 Å². The summed E-state index contributed by atoms with van der Waals surface area (Å²) in [7, 11) is 0. The molecule has 0 fully saturated rings. The topological polar surface area (TPSA) is 20.2 Å². The van der Waals surface area contributed by atoms with E-state index < -0.39 is 5.41 Å². The minimum absolute atomic E-state index is 0.0381. The molecule has 0 heterocycles. The van der Waals surface area contributed by atoms with Crippen LogP contribution in [0.2, 0.25) is 0 Å². The van der Waals surface area contributed by atoms with Crippen LogP contribution in [0.3, 0.4) is 0 Å². The normalized spacial score (nSPS) is 12.5. The van der Waals surface area contributed by atoms with Crippen LogP contribution in [0.1, 0.15) is 45.1 Å². The summed E-state index contributed by atoms with van der Waals surface area (Å²) in [5.74, 6) is 0.353. The lowest BCUT2D eigenvalue weighted by Crippen LogP contribution is -2.31. The third-order valence-electron chi connectivity index (χ3n) is 5.81. The maximum Gasteiger partial charge on any atom is 0.122 e. The molecule has 150 valence electrons. The molecule has 0 aliphatic rings. The zero-order chi connectivity index (χ0) is 21.1. The zero-order valence-corrected chi connectivity index (χ0v) is 18.8. The minimum Gasteiger partial charge on any atom is -0.507 e. The monoisotopic (exact) mass is 456 g/mol. The number of alkyl halides is 1. The van der Waals surface area contributed by atoms with Crippen molar-refractivity contribution in [3.05, 3.63) is 137 Å². The molecule has 0 radical (unpaired) electrons. The Hall–Kier alpha value is -2.84. The van der Waals surface area contributed by atoms with Gasteiger partial charge in [0.25, 0.3) is 0 Å². The summed E-state index contributed by atoms with van der Waals surface area (Å²) in [4.78, 5) is 0.0381. The van der Waals surface area contributed by atoms with Crippen molar-refractivity contribution in [2.24, 2.45) is 0 Å². The second-order valence-electron chi connectivity index (χ2n) is 7.70. The van der Waals surface area contributed by atoms with E-state index in [0.29, 0.717) is 5.75 Å². The van der Waals surface area contributed by atoms with E-state index in [2.05, 4.69) is 119 Å². The molecule has 1 N–H and O–H groups in total. The second-order valence-corrected chi connectivity index (χ2v) is 9.07. The van der Waals surface area contributed by atoms with Crippen molar-refractivity contribution >= 4 is 15.9 Å². The van der Waals surface area contributed by atoms with E-state index in [0.717, 1.165) is 16.7 Å². The van der Waals surface area contributed by atoms with Gasteiger partial charge in [0, 0.05) is 10.4 Å². The number of hydrogen-bond donors (Lipinski definition) is 1.